The van der Waals surface area contributed by atoms with E-state index in [-0.39, 0.29) is 11.6 Å². The van der Waals surface area contributed by atoms with Crippen molar-refractivity contribution in [2.24, 2.45) is 0 Å². The molecule has 134 valence electrons. The number of aryl methyl sites for hydroxylation is 2. The Balaban J connectivity index is 2.10. The topological polar surface area (TPSA) is 80.9 Å². The van der Waals surface area contributed by atoms with Gasteiger partial charge in [0.15, 0.2) is 5.69 Å². The summed E-state index contributed by atoms with van der Waals surface area (Å²) in [6.45, 7) is 6.84. The van der Waals surface area contributed by atoms with E-state index in [0.29, 0.717) is 17.7 Å². The number of nitrogen functional groups attached to an aromatic ring is 1. The van der Waals surface area contributed by atoms with Crippen LogP contribution in [0.15, 0.2) is 36.4 Å². The van der Waals surface area contributed by atoms with Crippen LogP contribution in [-0.4, -0.2) is 22.6 Å². The average molecular weight is 348 g/mol. The zero-order valence-corrected chi connectivity index (χ0v) is 15.5. The van der Waals surface area contributed by atoms with Gasteiger partial charge in [-0.05, 0) is 36.5 Å². The fraction of sp³-hybridized carbons (Fsp3) is 0.286. The van der Waals surface area contributed by atoms with Crippen LogP contribution in [0.4, 0.5) is 5.69 Å². The first-order valence-corrected chi connectivity index (χ1v) is 8.99. The monoisotopic (exact) mass is 348 g/mol. The number of nitrogens with one attached hydrogen (secondary N) is 1. The van der Waals surface area contributed by atoms with E-state index in [0.717, 1.165) is 29.4 Å². The Bertz CT molecular complexity index is 966. The van der Waals surface area contributed by atoms with Gasteiger partial charge < -0.3 is 11.1 Å². The third kappa shape index (κ3) is 3.25. The van der Waals surface area contributed by atoms with Crippen molar-refractivity contribution < 1.29 is 4.79 Å². The zero-order valence-electron chi connectivity index (χ0n) is 15.5. The number of fused-ring (bicyclic) bond motifs is 1. The van der Waals surface area contributed by atoms with Gasteiger partial charge in [0.25, 0.3) is 5.91 Å². The zero-order chi connectivity index (χ0) is 18.7. The highest BCUT2D eigenvalue weighted by Gasteiger charge is 2.17. The predicted octanol–water partition coefficient (Wildman–Crippen LogP) is 3.89. The number of rotatable bonds is 5. The maximum Gasteiger partial charge on any atom is 0.273 e. The van der Waals surface area contributed by atoms with Crippen molar-refractivity contribution in [3.63, 3.8) is 0 Å². The molecule has 1 heterocycles. The van der Waals surface area contributed by atoms with Crippen molar-refractivity contribution in [1.29, 1.82) is 0 Å². The van der Waals surface area contributed by atoms with Crippen LogP contribution in [0.2, 0.25) is 0 Å². The van der Waals surface area contributed by atoms with Gasteiger partial charge >= 0.3 is 0 Å². The molecule has 0 atom stereocenters. The molecule has 5 nitrogen and oxygen atoms in total. The van der Waals surface area contributed by atoms with Gasteiger partial charge in [-0.25, -0.2) is 0 Å². The molecule has 0 fully saturated rings. The van der Waals surface area contributed by atoms with Crippen LogP contribution in [0.1, 0.15) is 41.9 Å². The quantitative estimate of drug-likeness (QED) is 0.733. The largest absolute Gasteiger partial charge is 0.396 e. The number of amides is 1. The lowest BCUT2D eigenvalue weighted by Crippen LogP contribution is -2.26. The molecule has 3 rings (SSSR count). The SMILES string of the molecule is CCCNC(=O)c1nnc2c(-c3ccc(CC)c(C)c3)cccc2c1N. The summed E-state index contributed by atoms with van der Waals surface area (Å²) in [6, 6.07) is 12.2. The number of carbonyl (C=O) groups is 1. The number of hydrogen-bond acceptors (Lipinski definition) is 4. The van der Waals surface area contributed by atoms with Crippen LogP contribution in [0.5, 0.6) is 0 Å². The fourth-order valence-electron chi connectivity index (χ4n) is 3.13. The van der Waals surface area contributed by atoms with Gasteiger partial charge in [0, 0.05) is 17.5 Å². The molecule has 3 N–H and O–H groups in total. The average Bonchev–Trinajstić information content (AvgIpc) is 2.66. The Kier molecular flexibility index (Phi) is 5.16. The van der Waals surface area contributed by atoms with Gasteiger partial charge in [-0.3, -0.25) is 4.79 Å². The molecule has 0 aliphatic rings. The van der Waals surface area contributed by atoms with Crippen molar-refractivity contribution in [3.05, 3.63) is 53.2 Å². The van der Waals surface area contributed by atoms with Gasteiger partial charge in [-0.15, -0.1) is 10.2 Å². The van der Waals surface area contributed by atoms with Crippen molar-refractivity contribution in [2.45, 2.75) is 33.6 Å². The van der Waals surface area contributed by atoms with Crippen LogP contribution in [0.3, 0.4) is 0 Å². The van der Waals surface area contributed by atoms with Crippen molar-refractivity contribution in [3.8, 4) is 11.1 Å². The van der Waals surface area contributed by atoms with Crippen molar-refractivity contribution in [1.82, 2.24) is 15.5 Å². The Labute approximate surface area is 153 Å². The number of hydrogen-bond donors (Lipinski definition) is 2. The number of nitrogens with two attached hydrogens (primary N) is 1. The molecule has 0 aliphatic heterocycles. The molecular weight excluding hydrogens is 324 g/mol. The summed E-state index contributed by atoms with van der Waals surface area (Å²) in [5.41, 5.74) is 12.1. The highest BCUT2D eigenvalue weighted by Crippen LogP contribution is 2.31. The molecule has 0 saturated heterocycles. The van der Waals surface area contributed by atoms with Crippen LogP contribution in [0.25, 0.3) is 22.0 Å². The van der Waals surface area contributed by atoms with E-state index in [1.807, 2.05) is 25.1 Å². The summed E-state index contributed by atoms with van der Waals surface area (Å²) in [5, 5.41) is 12.0. The smallest absolute Gasteiger partial charge is 0.273 e. The molecule has 26 heavy (non-hydrogen) atoms. The Hall–Kier alpha value is -2.95. The van der Waals surface area contributed by atoms with E-state index in [9.17, 15) is 4.79 Å². The number of carbonyl (C=O) groups excluding carboxylic acids is 1. The molecule has 0 unspecified atom stereocenters. The normalized spacial score (nSPS) is 10.9. The van der Waals surface area contributed by atoms with Crippen LogP contribution in [0, 0.1) is 6.92 Å². The van der Waals surface area contributed by atoms with E-state index < -0.39 is 0 Å². The predicted molar refractivity (Wildman–Crippen MR) is 106 cm³/mol. The summed E-state index contributed by atoms with van der Waals surface area (Å²) in [5.74, 6) is -0.285. The lowest BCUT2D eigenvalue weighted by atomic mass is 9.96. The molecule has 0 saturated carbocycles. The van der Waals surface area contributed by atoms with Gasteiger partial charge in [0.05, 0.1) is 5.69 Å². The van der Waals surface area contributed by atoms with Crippen LogP contribution in [-0.2, 0) is 6.42 Å². The van der Waals surface area contributed by atoms with Crippen LogP contribution >= 0.6 is 0 Å². The fourth-order valence-corrected chi connectivity index (χ4v) is 3.13. The maximum absolute atomic E-state index is 12.2. The van der Waals surface area contributed by atoms with E-state index in [4.69, 9.17) is 5.73 Å². The molecule has 0 bridgehead atoms. The number of nitrogens with zero attached hydrogens (tertiary/aromatic N) is 2. The summed E-state index contributed by atoms with van der Waals surface area (Å²) in [4.78, 5) is 12.2. The Morgan fingerprint density at radius 1 is 1.15 bits per heavy atom. The third-order valence-electron chi connectivity index (χ3n) is 4.62. The number of aromatic nitrogens is 2. The lowest BCUT2D eigenvalue weighted by molar-refractivity contribution is 0.0949. The summed E-state index contributed by atoms with van der Waals surface area (Å²) in [7, 11) is 0. The van der Waals surface area contributed by atoms with Crippen molar-refractivity contribution in [2.75, 3.05) is 12.3 Å². The van der Waals surface area contributed by atoms with Crippen molar-refractivity contribution >= 4 is 22.5 Å². The first kappa shape index (κ1) is 17.9. The Morgan fingerprint density at radius 2 is 1.96 bits per heavy atom. The number of benzene rings is 2. The molecule has 2 aromatic carbocycles. The lowest BCUT2D eigenvalue weighted by Gasteiger charge is -2.12. The van der Waals surface area contributed by atoms with E-state index in [1.165, 1.54) is 11.1 Å². The minimum atomic E-state index is -0.285. The molecule has 1 aromatic heterocycles. The molecule has 3 aromatic rings. The van der Waals surface area contributed by atoms with Gasteiger partial charge in [0.2, 0.25) is 0 Å². The first-order chi connectivity index (χ1) is 12.6. The second-order valence-corrected chi connectivity index (χ2v) is 6.41. The number of anilines is 1. The van der Waals surface area contributed by atoms with Crippen LogP contribution < -0.4 is 11.1 Å². The third-order valence-corrected chi connectivity index (χ3v) is 4.62. The van der Waals surface area contributed by atoms with Gasteiger partial charge in [-0.2, -0.15) is 0 Å². The summed E-state index contributed by atoms with van der Waals surface area (Å²) < 4.78 is 0. The minimum Gasteiger partial charge on any atom is -0.396 e. The van der Waals surface area contributed by atoms with Gasteiger partial charge in [0.1, 0.15) is 5.52 Å². The molecule has 5 heteroatoms. The summed E-state index contributed by atoms with van der Waals surface area (Å²) in [6.07, 6.45) is 1.86. The molecule has 0 aliphatic carbocycles. The molecule has 0 radical (unpaired) electrons. The minimum absolute atomic E-state index is 0.181. The van der Waals surface area contributed by atoms with E-state index >= 15 is 0 Å². The molecule has 1 amide bonds. The van der Waals surface area contributed by atoms with E-state index in [2.05, 4.69) is 47.6 Å². The summed E-state index contributed by atoms with van der Waals surface area (Å²) >= 11 is 0. The second kappa shape index (κ2) is 7.52. The molecule has 0 spiro atoms. The van der Waals surface area contributed by atoms with E-state index in [1.54, 1.807) is 0 Å². The molecular formula is C21H24N4O. The van der Waals surface area contributed by atoms with Gasteiger partial charge in [-0.1, -0.05) is 50.2 Å². The highest BCUT2D eigenvalue weighted by atomic mass is 16.1. The first-order valence-electron chi connectivity index (χ1n) is 8.99. The standard InChI is InChI=1S/C21H24N4O/c1-4-11-23-21(26)20-18(22)17-8-6-7-16(19(17)24-25-20)15-10-9-14(5-2)13(3)12-15/h6-10,12H,4-5,11H2,1-3H3,(H2,22,24)(H,23,26). The maximum atomic E-state index is 12.2. The Morgan fingerprint density at radius 3 is 2.65 bits per heavy atom. The highest BCUT2D eigenvalue weighted by molar-refractivity contribution is 6.07. The second-order valence-electron chi connectivity index (χ2n) is 6.41.